The first-order valence-electron chi connectivity index (χ1n) is 12.2. The van der Waals surface area contributed by atoms with E-state index < -0.39 is 28.6 Å². The van der Waals surface area contributed by atoms with Crippen molar-refractivity contribution in [2.24, 2.45) is 11.8 Å². The van der Waals surface area contributed by atoms with Crippen LogP contribution in [0.3, 0.4) is 0 Å². The number of carbonyl (C=O) groups is 3. The van der Waals surface area contributed by atoms with E-state index in [9.17, 15) is 19.5 Å². The van der Waals surface area contributed by atoms with Crippen molar-refractivity contribution in [1.82, 2.24) is 4.90 Å². The number of alkyl halides is 1. The predicted molar refractivity (Wildman–Crippen MR) is 145 cm³/mol. The lowest BCUT2D eigenvalue weighted by atomic mass is 9.71. The maximum Gasteiger partial charge on any atom is 0.311 e. The summed E-state index contributed by atoms with van der Waals surface area (Å²) in [6, 6.07) is 5.19. The zero-order chi connectivity index (χ0) is 26.2. The molecule has 1 N–H and O–H groups in total. The highest BCUT2D eigenvalue weighted by molar-refractivity contribution is 9.09. The van der Waals surface area contributed by atoms with Crippen molar-refractivity contribution >= 4 is 51.2 Å². The van der Waals surface area contributed by atoms with Gasteiger partial charge < -0.3 is 19.6 Å². The number of anilines is 1. The van der Waals surface area contributed by atoms with Gasteiger partial charge in [-0.15, -0.1) is 18.3 Å². The lowest BCUT2D eigenvalue weighted by molar-refractivity contribution is -0.153. The molecule has 1 spiro atoms. The van der Waals surface area contributed by atoms with Gasteiger partial charge in [0.1, 0.15) is 12.6 Å². The molecule has 3 unspecified atom stereocenters. The number of rotatable bonds is 10. The highest BCUT2D eigenvalue weighted by atomic mass is 79.9. The Labute approximate surface area is 225 Å². The average molecular weight is 578 g/mol. The number of aliphatic hydroxyl groups is 1. The second kappa shape index (κ2) is 10.7. The summed E-state index contributed by atoms with van der Waals surface area (Å²) in [5.41, 5.74) is 2.75. The number of carbonyl (C=O) groups excluding carboxylic acids is 3. The Morgan fingerprint density at radius 3 is 2.75 bits per heavy atom. The smallest absolute Gasteiger partial charge is 0.311 e. The van der Waals surface area contributed by atoms with Crippen molar-refractivity contribution in [1.29, 1.82) is 0 Å². The Hall–Kier alpha value is -2.10. The van der Waals surface area contributed by atoms with Gasteiger partial charge in [0, 0.05) is 35.5 Å². The van der Waals surface area contributed by atoms with Gasteiger partial charge in [-0.25, -0.2) is 0 Å². The van der Waals surface area contributed by atoms with Gasteiger partial charge in [0.15, 0.2) is 0 Å². The largest absolute Gasteiger partial charge is 0.461 e. The van der Waals surface area contributed by atoms with Gasteiger partial charge in [-0.3, -0.25) is 14.4 Å². The molecule has 0 aromatic heterocycles. The van der Waals surface area contributed by atoms with E-state index in [2.05, 4.69) is 29.1 Å². The number of aliphatic hydroxyl groups excluding tert-OH is 1. The third kappa shape index (κ3) is 4.33. The van der Waals surface area contributed by atoms with Crippen LogP contribution in [-0.4, -0.2) is 75.0 Å². The van der Waals surface area contributed by atoms with E-state index in [4.69, 9.17) is 4.74 Å². The minimum absolute atomic E-state index is 0.0329. The van der Waals surface area contributed by atoms with Crippen molar-refractivity contribution < 1.29 is 24.2 Å². The monoisotopic (exact) mass is 576 g/mol. The standard InChI is InChI=1S/C27H33BrN2O5S/c1-5-10-29(19-14-16(3)8-9-17(19)4)25(33)23-27-15-18(28)22(36-27)20(26(34)35-13-6-2)21(27)24(32)30(23)11-7-12-31/h5-6,8-9,14,18,20-23,31H,1-2,7,10-13,15H2,3-4H3/t18?,20-,21+,22-,23?,27?/m1/s1. The Bertz CT molecular complexity index is 1080. The van der Waals surface area contributed by atoms with Gasteiger partial charge in [0.2, 0.25) is 5.91 Å². The van der Waals surface area contributed by atoms with Crippen LogP contribution >= 0.6 is 27.7 Å². The highest BCUT2D eigenvalue weighted by Gasteiger charge is 2.76. The minimum atomic E-state index is -0.770. The molecule has 3 heterocycles. The number of halogens is 1. The first kappa shape index (κ1) is 26.9. The van der Waals surface area contributed by atoms with E-state index in [0.717, 1.165) is 16.8 Å². The fourth-order valence-corrected chi connectivity index (χ4v) is 9.59. The van der Waals surface area contributed by atoms with E-state index in [-0.39, 0.29) is 41.6 Å². The molecule has 3 aliphatic heterocycles. The van der Waals surface area contributed by atoms with E-state index in [1.54, 1.807) is 27.6 Å². The van der Waals surface area contributed by atoms with Crippen molar-refractivity contribution in [3.63, 3.8) is 0 Å². The summed E-state index contributed by atoms with van der Waals surface area (Å²) in [4.78, 5) is 44.8. The molecule has 0 saturated carbocycles. The molecule has 194 valence electrons. The lowest BCUT2D eigenvalue weighted by Crippen LogP contribution is -2.55. The molecule has 36 heavy (non-hydrogen) atoms. The average Bonchev–Trinajstić information content (AvgIpc) is 3.44. The van der Waals surface area contributed by atoms with Crippen LogP contribution in [-0.2, 0) is 19.1 Å². The zero-order valence-corrected chi connectivity index (χ0v) is 23.1. The van der Waals surface area contributed by atoms with Crippen LogP contribution < -0.4 is 4.90 Å². The topological polar surface area (TPSA) is 87.2 Å². The quantitative estimate of drug-likeness (QED) is 0.261. The fraction of sp³-hybridized carbons (Fsp3) is 0.519. The summed E-state index contributed by atoms with van der Waals surface area (Å²) >= 11 is 5.32. The van der Waals surface area contributed by atoms with Crippen LogP contribution in [0.15, 0.2) is 43.5 Å². The Morgan fingerprint density at radius 1 is 1.33 bits per heavy atom. The number of esters is 1. The van der Waals surface area contributed by atoms with Gasteiger partial charge in [-0.1, -0.05) is 46.8 Å². The summed E-state index contributed by atoms with van der Waals surface area (Å²) in [5.74, 6) is -2.13. The molecule has 1 aromatic rings. The first-order valence-corrected chi connectivity index (χ1v) is 14.0. The molecule has 2 bridgehead atoms. The maximum atomic E-state index is 14.5. The molecule has 7 nitrogen and oxygen atoms in total. The molecule has 0 aliphatic carbocycles. The normalized spacial score (nSPS) is 30.3. The lowest BCUT2D eigenvalue weighted by Gasteiger charge is -2.38. The van der Waals surface area contributed by atoms with Crippen LogP contribution in [0.4, 0.5) is 5.69 Å². The van der Waals surface area contributed by atoms with Crippen LogP contribution in [0.25, 0.3) is 0 Å². The minimum Gasteiger partial charge on any atom is -0.461 e. The number of aryl methyl sites for hydroxylation is 2. The SMILES string of the molecule is C=CCOC(=O)[C@H]1[C@@H]2SC3(CC2Br)C(C(=O)N(CC=C)c2cc(C)ccc2C)N(CCCO)C(=O)[C@H]13. The number of ether oxygens (including phenoxy) is 1. The van der Waals surface area contributed by atoms with E-state index in [0.29, 0.717) is 19.4 Å². The second-order valence-corrected chi connectivity index (χ2v) is 12.4. The van der Waals surface area contributed by atoms with Gasteiger partial charge in [0.25, 0.3) is 5.91 Å². The molecule has 3 aliphatic rings. The molecule has 4 rings (SSSR count). The molecular formula is C27H33BrN2O5S. The Balaban J connectivity index is 1.80. The summed E-state index contributed by atoms with van der Waals surface area (Å²) in [6.07, 6.45) is 4.13. The maximum absolute atomic E-state index is 14.5. The van der Waals surface area contributed by atoms with Crippen molar-refractivity contribution in [2.75, 3.05) is 31.2 Å². The summed E-state index contributed by atoms with van der Waals surface area (Å²) < 4.78 is 4.65. The fourth-order valence-electron chi connectivity index (χ4n) is 5.99. The van der Waals surface area contributed by atoms with E-state index >= 15 is 0 Å². The van der Waals surface area contributed by atoms with Crippen molar-refractivity contribution in [3.05, 3.63) is 54.6 Å². The van der Waals surface area contributed by atoms with Gasteiger partial charge >= 0.3 is 5.97 Å². The van der Waals surface area contributed by atoms with Crippen LogP contribution in [0.2, 0.25) is 0 Å². The highest BCUT2D eigenvalue weighted by Crippen LogP contribution is 2.68. The Kier molecular flexibility index (Phi) is 8.02. The summed E-state index contributed by atoms with van der Waals surface area (Å²) in [5, 5.41) is 9.38. The predicted octanol–water partition coefficient (Wildman–Crippen LogP) is 3.40. The van der Waals surface area contributed by atoms with Gasteiger partial charge in [-0.2, -0.15) is 0 Å². The third-order valence-electron chi connectivity index (χ3n) is 7.43. The van der Waals surface area contributed by atoms with Crippen molar-refractivity contribution in [2.45, 2.75) is 47.6 Å². The van der Waals surface area contributed by atoms with E-state index in [1.165, 1.54) is 6.08 Å². The zero-order valence-electron chi connectivity index (χ0n) is 20.7. The van der Waals surface area contributed by atoms with Gasteiger partial charge in [0.05, 0.1) is 16.6 Å². The van der Waals surface area contributed by atoms with Crippen molar-refractivity contribution in [3.8, 4) is 0 Å². The molecule has 3 saturated heterocycles. The van der Waals surface area contributed by atoms with Crippen LogP contribution in [0.5, 0.6) is 0 Å². The molecule has 1 aromatic carbocycles. The van der Waals surface area contributed by atoms with Crippen LogP contribution in [0.1, 0.15) is 24.0 Å². The number of amides is 2. The number of fused-ring (bicyclic) bond motifs is 1. The molecule has 0 radical (unpaired) electrons. The number of hydrogen-bond donors (Lipinski definition) is 1. The number of hydrogen-bond acceptors (Lipinski definition) is 6. The van der Waals surface area contributed by atoms with Gasteiger partial charge in [-0.05, 0) is 43.9 Å². The first-order chi connectivity index (χ1) is 17.2. The van der Waals surface area contributed by atoms with Crippen LogP contribution in [0, 0.1) is 25.7 Å². The number of likely N-dealkylation sites (tertiary alicyclic amines) is 1. The third-order valence-corrected chi connectivity index (χ3v) is 10.6. The number of thioether (sulfide) groups is 1. The molecule has 3 fully saturated rings. The van der Waals surface area contributed by atoms with E-state index in [1.807, 2.05) is 32.0 Å². The molecular weight excluding hydrogens is 544 g/mol. The summed E-state index contributed by atoms with van der Waals surface area (Å²) in [6.45, 7) is 11.9. The molecule has 9 heteroatoms. The number of benzene rings is 1. The summed E-state index contributed by atoms with van der Waals surface area (Å²) in [7, 11) is 0. The molecule has 6 atom stereocenters. The number of nitrogens with zero attached hydrogens (tertiary/aromatic N) is 2. The second-order valence-electron chi connectivity index (χ2n) is 9.72. The Morgan fingerprint density at radius 2 is 2.08 bits per heavy atom. The molecule has 2 amide bonds.